The van der Waals surface area contributed by atoms with Crippen molar-refractivity contribution in [3.05, 3.63) is 23.2 Å². The summed E-state index contributed by atoms with van der Waals surface area (Å²) in [6.45, 7) is 1.45. The van der Waals surface area contributed by atoms with Crippen molar-refractivity contribution in [2.75, 3.05) is 18.0 Å². The number of benzene rings is 1. The van der Waals surface area contributed by atoms with Gasteiger partial charge in [-0.05, 0) is 25.0 Å². The predicted molar refractivity (Wildman–Crippen MR) is 74.8 cm³/mol. The lowest BCUT2D eigenvalue weighted by atomic mass is 10.1. The SMILES string of the molecule is Cl.N[C@@H]1CCCN(c2ccc(OC(F)(F)F)cc2Cl)C1. The van der Waals surface area contributed by atoms with E-state index in [-0.39, 0.29) is 29.2 Å². The van der Waals surface area contributed by atoms with E-state index in [0.717, 1.165) is 19.4 Å². The maximum atomic E-state index is 12.1. The average molecular weight is 331 g/mol. The second-order valence-corrected chi connectivity index (χ2v) is 4.92. The first kappa shape index (κ1) is 17.2. The molecule has 2 N–H and O–H groups in total. The number of alkyl halides is 3. The molecule has 0 spiro atoms. The number of hydrogen-bond acceptors (Lipinski definition) is 3. The van der Waals surface area contributed by atoms with Crippen LogP contribution >= 0.6 is 24.0 Å². The van der Waals surface area contributed by atoms with E-state index in [0.29, 0.717) is 12.2 Å². The first-order valence-corrected chi connectivity index (χ1v) is 6.29. The zero-order valence-corrected chi connectivity index (χ0v) is 12.1. The number of nitrogens with zero attached hydrogens (tertiary/aromatic N) is 1. The van der Waals surface area contributed by atoms with Gasteiger partial charge >= 0.3 is 6.36 Å². The Morgan fingerprint density at radius 1 is 1.35 bits per heavy atom. The van der Waals surface area contributed by atoms with Crippen molar-refractivity contribution >= 4 is 29.7 Å². The van der Waals surface area contributed by atoms with Crippen LogP contribution in [0, 0.1) is 0 Å². The third kappa shape index (κ3) is 4.61. The number of hydrogen-bond donors (Lipinski definition) is 1. The summed E-state index contributed by atoms with van der Waals surface area (Å²) in [5.41, 5.74) is 6.55. The van der Waals surface area contributed by atoms with Gasteiger partial charge in [0.05, 0.1) is 10.7 Å². The van der Waals surface area contributed by atoms with E-state index < -0.39 is 6.36 Å². The summed E-state index contributed by atoms with van der Waals surface area (Å²) in [4.78, 5) is 1.98. The van der Waals surface area contributed by atoms with E-state index in [1.165, 1.54) is 18.2 Å². The van der Waals surface area contributed by atoms with Gasteiger partial charge in [-0.1, -0.05) is 11.6 Å². The van der Waals surface area contributed by atoms with Crippen LogP contribution in [0.2, 0.25) is 5.02 Å². The van der Waals surface area contributed by atoms with Gasteiger partial charge in [0.15, 0.2) is 0 Å². The molecule has 0 bridgehead atoms. The molecule has 0 unspecified atom stereocenters. The van der Waals surface area contributed by atoms with Crippen LogP contribution in [0.25, 0.3) is 0 Å². The smallest absolute Gasteiger partial charge is 0.406 e. The molecule has 0 amide bonds. The van der Waals surface area contributed by atoms with E-state index in [1.54, 1.807) is 0 Å². The van der Waals surface area contributed by atoms with Gasteiger partial charge in [-0.2, -0.15) is 0 Å². The van der Waals surface area contributed by atoms with Gasteiger partial charge in [0.25, 0.3) is 0 Å². The minimum atomic E-state index is -4.71. The van der Waals surface area contributed by atoms with Crippen LogP contribution in [0.1, 0.15) is 12.8 Å². The number of ether oxygens (including phenoxy) is 1. The molecule has 1 fully saturated rings. The van der Waals surface area contributed by atoms with Gasteiger partial charge in [-0.25, -0.2) is 0 Å². The highest BCUT2D eigenvalue weighted by atomic mass is 35.5. The van der Waals surface area contributed by atoms with Crippen molar-refractivity contribution in [2.24, 2.45) is 5.73 Å². The number of halogens is 5. The second-order valence-electron chi connectivity index (χ2n) is 4.51. The molecule has 1 saturated heterocycles. The van der Waals surface area contributed by atoms with Gasteiger partial charge < -0.3 is 15.4 Å². The summed E-state index contributed by atoms with van der Waals surface area (Å²) in [7, 11) is 0. The first-order valence-electron chi connectivity index (χ1n) is 5.91. The van der Waals surface area contributed by atoms with Gasteiger partial charge in [0, 0.05) is 25.2 Å². The Kier molecular flexibility index (Phi) is 5.79. The molecule has 20 heavy (non-hydrogen) atoms. The second kappa shape index (κ2) is 6.74. The number of anilines is 1. The van der Waals surface area contributed by atoms with Gasteiger partial charge in [0.1, 0.15) is 5.75 Å². The molecule has 1 aliphatic heterocycles. The molecule has 0 saturated carbocycles. The summed E-state index contributed by atoms with van der Waals surface area (Å²) >= 11 is 6.01. The van der Waals surface area contributed by atoms with E-state index in [9.17, 15) is 13.2 Å². The largest absolute Gasteiger partial charge is 0.573 e. The van der Waals surface area contributed by atoms with Crippen molar-refractivity contribution in [1.82, 2.24) is 0 Å². The minimum Gasteiger partial charge on any atom is -0.406 e. The highest BCUT2D eigenvalue weighted by Gasteiger charge is 2.31. The Morgan fingerprint density at radius 3 is 2.60 bits per heavy atom. The van der Waals surface area contributed by atoms with Crippen molar-refractivity contribution in [3.63, 3.8) is 0 Å². The molecule has 1 aromatic rings. The predicted octanol–water partition coefficient (Wildman–Crippen LogP) is 3.59. The molecular weight excluding hydrogens is 316 g/mol. The molecular formula is C12H15Cl2F3N2O. The summed E-state index contributed by atoms with van der Waals surface area (Å²) < 4.78 is 40.1. The zero-order chi connectivity index (χ0) is 14.0. The van der Waals surface area contributed by atoms with Crippen molar-refractivity contribution in [2.45, 2.75) is 25.2 Å². The lowest BCUT2D eigenvalue weighted by Gasteiger charge is -2.33. The van der Waals surface area contributed by atoms with Gasteiger partial charge in [0.2, 0.25) is 0 Å². The Hall–Kier alpha value is -0.850. The molecule has 114 valence electrons. The number of piperidine rings is 1. The fourth-order valence-electron chi connectivity index (χ4n) is 2.17. The lowest BCUT2D eigenvalue weighted by Crippen LogP contribution is -2.42. The van der Waals surface area contributed by atoms with Gasteiger partial charge in [-0.15, -0.1) is 25.6 Å². The Morgan fingerprint density at radius 2 is 2.05 bits per heavy atom. The topological polar surface area (TPSA) is 38.5 Å². The third-order valence-corrected chi connectivity index (χ3v) is 3.25. The lowest BCUT2D eigenvalue weighted by molar-refractivity contribution is -0.274. The van der Waals surface area contributed by atoms with Crippen molar-refractivity contribution in [1.29, 1.82) is 0 Å². The normalized spacial score (nSPS) is 19.4. The summed E-state index contributed by atoms with van der Waals surface area (Å²) in [5, 5.41) is 0.232. The van der Waals surface area contributed by atoms with Crippen LogP contribution in [0.3, 0.4) is 0 Å². The molecule has 0 aromatic heterocycles. The maximum Gasteiger partial charge on any atom is 0.573 e. The standard InChI is InChI=1S/C12H14ClF3N2O.ClH/c13-10-6-9(19-12(14,15)16)3-4-11(10)18-5-1-2-8(17)7-18;/h3-4,6,8H,1-2,5,7,17H2;1H/t8-;/m1./s1. The molecule has 1 aliphatic rings. The maximum absolute atomic E-state index is 12.1. The Balaban J connectivity index is 0.00000200. The van der Waals surface area contributed by atoms with Crippen LogP contribution in [-0.4, -0.2) is 25.5 Å². The minimum absolute atomic E-state index is 0. The van der Waals surface area contributed by atoms with Gasteiger partial charge in [-0.3, -0.25) is 0 Å². The van der Waals surface area contributed by atoms with Crippen molar-refractivity contribution in [3.8, 4) is 5.75 Å². The molecule has 8 heteroatoms. The summed E-state index contributed by atoms with van der Waals surface area (Å²) in [6, 6.07) is 4.02. The first-order chi connectivity index (χ1) is 8.85. The molecule has 1 atom stereocenters. The molecule has 0 radical (unpaired) electrons. The van der Waals surface area contributed by atoms with Crippen LogP contribution in [0.5, 0.6) is 5.75 Å². The van der Waals surface area contributed by atoms with E-state index >= 15 is 0 Å². The molecule has 0 aliphatic carbocycles. The van der Waals surface area contributed by atoms with E-state index in [1.807, 2.05) is 4.90 Å². The van der Waals surface area contributed by atoms with Crippen LogP contribution in [0.4, 0.5) is 18.9 Å². The van der Waals surface area contributed by atoms with Crippen molar-refractivity contribution < 1.29 is 17.9 Å². The molecule has 3 nitrogen and oxygen atoms in total. The van der Waals surface area contributed by atoms with E-state index in [4.69, 9.17) is 17.3 Å². The number of rotatable bonds is 2. The Bertz CT molecular complexity index is 457. The monoisotopic (exact) mass is 330 g/mol. The highest BCUT2D eigenvalue weighted by molar-refractivity contribution is 6.33. The quantitative estimate of drug-likeness (QED) is 0.900. The van der Waals surface area contributed by atoms with E-state index in [2.05, 4.69) is 4.74 Å². The third-order valence-electron chi connectivity index (χ3n) is 2.95. The molecule has 1 aromatic carbocycles. The highest BCUT2D eigenvalue weighted by Crippen LogP contribution is 2.33. The molecule has 2 rings (SSSR count). The summed E-state index contributed by atoms with van der Waals surface area (Å²) in [6.07, 6.45) is -2.82. The van der Waals surface area contributed by atoms with Crippen LogP contribution in [-0.2, 0) is 0 Å². The average Bonchev–Trinajstić information content (AvgIpc) is 2.26. The fourth-order valence-corrected chi connectivity index (χ4v) is 2.46. The summed E-state index contributed by atoms with van der Waals surface area (Å²) in [5.74, 6) is -0.317. The van der Waals surface area contributed by atoms with Crippen LogP contribution < -0.4 is 15.4 Å². The molecule has 1 heterocycles. The number of nitrogens with two attached hydrogens (primary N) is 1. The van der Waals surface area contributed by atoms with Crippen LogP contribution in [0.15, 0.2) is 18.2 Å². The zero-order valence-electron chi connectivity index (χ0n) is 10.5. The Labute approximate surface area is 126 Å². The fraction of sp³-hybridized carbons (Fsp3) is 0.500.